The number of hydrogen-bond acceptors (Lipinski definition) is 2. The van der Waals surface area contributed by atoms with Gasteiger partial charge in [0.25, 0.3) is 0 Å². The Morgan fingerprint density at radius 3 is 2.06 bits per heavy atom. The summed E-state index contributed by atoms with van der Waals surface area (Å²) >= 11 is 0. The molecule has 2 N–H and O–H groups in total. The molecule has 102 valence electrons. The smallest absolute Gasteiger partial charge is 0.332 e. The van der Waals surface area contributed by atoms with Crippen molar-refractivity contribution in [2.75, 3.05) is 13.1 Å². The molecule has 1 amide bonds. The number of nitrogens with zero attached hydrogens (tertiary/aromatic N) is 1. The first kappa shape index (κ1) is 16.2. The van der Waals surface area contributed by atoms with E-state index in [9.17, 15) is 18.0 Å². The first-order chi connectivity index (χ1) is 7.49. The van der Waals surface area contributed by atoms with Crippen molar-refractivity contribution in [3.05, 3.63) is 0 Å². The monoisotopic (exact) mass is 254 g/mol. The summed E-state index contributed by atoms with van der Waals surface area (Å²) in [5.41, 5.74) is 5.14. The zero-order valence-electron chi connectivity index (χ0n) is 10.8. The van der Waals surface area contributed by atoms with Crippen LogP contribution in [0, 0.1) is 5.41 Å². The van der Waals surface area contributed by atoms with E-state index in [4.69, 9.17) is 5.73 Å². The van der Waals surface area contributed by atoms with Gasteiger partial charge in [0.1, 0.15) is 6.54 Å². The van der Waals surface area contributed by atoms with E-state index in [0.717, 1.165) is 4.90 Å². The van der Waals surface area contributed by atoms with Gasteiger partial charge in [0.15, 0.2) is 0 Å². The van der Waals surface area contributed by atoms with Crippen LogP contribution in [-0.4, -0.2) is 36.1 Å². The molecular formula is C11H21F3N2O. The Hall–Kier alpha value is -0.780. The average Bonchev–Trinajstić information content (AvgIpc) is 2.11. The summed E-state index contributed by atoms with van der Waals surface area (Å²) in [5.74, 6) is -0.642. The SMILES string of the molecule is CCCN(CC(F)(F)F)C(=O)C(N)C(C)(C)C. The number of amides is 1. The molecule has 0 aromatic carbocycles. The summed E-state index contributed by atoms with van der Waals surface area (Å²) in [4.78, 5) is 12.6. The van der Waals surface area contributed by atoms with Gasteiger partial charge >= 0.3 is 6.18 Å². The predicted molar refractivity (Wildman–Crippen MR) is 60.4 cm³/mol. The van der Waals surface area contributed by atoms with Gasteiger partial charge in [0, 0.05) is 6.54 Å². The van der Waals surface area contributed by atoms with E-state index in [2.05, 4.69) is 0 Å². The molecule has 0 radical (unpaired) electrons. The van der Waals surface area contributed by atoms with E-state index in [0.29, 0.717) is 6.42 Å². The number of hydrogen-bond donors (Lipinski definition) is 1. The fourth-order valence-corrected chi connectivity index (χ4v) is 1.32. The standard InChI is InChI=1S/C11H21F3N2O/c1-5-6-16(7-11(12,13)14)9(17)8(15)10(2,3)4/h8H,5-7,15H2,1-4H3. The molecule has 0 rings (SSSR count). The number of alkyl halides is 3. The Morgan fingerprint density at radius 1 is 1.29 bits per heavy atom. The Balaban J connectivity index is 4.77. The fraction of sp³-hybridized carbons (Fsp3) is 0.909. The highest BCUT2D eigenvalue weighted by Crippen LogP contribution is 2.22. The van der Waals surface area contributed by atoms with E-state index in [1.54, 1.807) is 27.7 Å². The van der Waals surface area contributed by atoms with E-state index in [1.165, 1.54) is 0 Å². The van der Waals surface area contributed by atoms with E-state index in [-0.39, 0.29) is 6.54 Å². The zero-order valence-corrected chi connectivity index (χ0v) is 10.8. The molecule has 0 fully saturated rings. The molecule has 0 saturated carbocycles. The molecule has 17 heavy (non-hydrogen) atoms. The third-order valence-corrected chi connectivity index (χ3v) is 2.37. The first-order valence-corrected chi connectivity index (χ1v) is 5.60. The summed E-state index contributed by atoms with van der Waals surface area (Å²) in [6, 6.07) is -0.920. The van der Waals surface area contributed by atoms with Gasteiger partial charge in [-0.1, -0.05) is 27.7 Å². The van der Waals surface area contributed by atoms with Gasteiger partial charge in [-0.2, -0.15) is 13.2 Å². The molecule has 6 heteroatoms. The maximum Gasteiger partial charge on any atom is 0.406 e. The van der Waals surface area contributed by atoms with Crippen LogP contribution >= 0.6 is 0 Å². The molecule has 1 unspecified atom stereocenters. The van der Waals surface area contributed by atoms with Gasteiger partial charge in [0.05, 0.1) is 6.04 Å². The van der Waals surface area contributed by atoms with Crippen LogP contribution in [0.3, 0.4) is 0 Å². The molecule has 0 aliphatic rings. The summed E-state index contributed by atoms with van der Waals surface area (Å²) in [6.45, 7) is 5.75. The van der Waals surface area contributed by atoms with E-state index < -0.39 is 30.1 Å². The fourth-order valence-electron chi connectivity index (χ4n) is 1.32. The Bertz CT molecular complexity index is 258. The van der Waals surface area contributed by atoms with Gasteiger partial charge < -0.3 is 10.6 Å². The van der Waals surface area contributed by atoms with Crippen LogP contribution in [-0.2, 0) is 4.79 Å². The highest BCUT2D eigenvalue weighted by atomic mass is 19.4. The van der Waals surface area contributed by atoms with Crippen molar-refractivity contribution in [2.24, 2.45) is 11.1 Å². The number of carbonyl (C=O) groups is 1. The van der Waals surface area contributed by atoms with Gasteiger partial charge in [0.2, 0.25) is 5.91 Å². The van der Waals surface area contributed by atoms with Crippen molar-refractivity contribution in [3.8, 4) is 0 Å². The molecule has 0 saturated heterocycles. The van der Waals surface area contributed by atoms with Crippen molar-refractivity contribution in [1.29, 1.82) is 0 Å². The minimum atomic E-state index is -4.39. The van der Waals surface area contributed by atoms with Crippen molar-refractivity contribution in [3.63, 3.8) is 0 Å². The molecule has 0 aromatic rings. The lowest BCUT2D eigenvalue weighted by molar-refractivity contribution is -0.163. The lowest BCUT2D eigenvalue weighted by Gasteiger charge is -2.32. The maximum atomic E-state index is 12.3. The Morgan fingerprint density at radius 2 is 1.76 bits per heavy atom. The van der Waals surface area contributed by atoms with Crippen LogP contribution in [0.25, 0.3) is 0 Å². The number of rotatable bonds is 4. The quantitative estimate of drug-likeness (QED) is 0.835. The highest BCUT2D eigenvalue weighted by molar-refractivity contribution is 5.82. The van der Waals surface area contributed by atoms with Crippen LogP contribution in [0.1, 0.15) is 34.1 Å². The first-order valence-electron chi connectivity index (χ1n) is 5.60. The second kappa shape index (κ2) is 5.71. The molecule has 0 bridgehead atoms. The second-order valence-corrected chi connectivity index (χ2v) is 5.22. The van der Waals surface area contributed by atoms with Crippen LogP contribution in [0.15, 0.2) is 0 Å². The van der Waals surface area contributed by atoms with Gasteiger partial charge in [-0.3, -0.25) is 4.79 Å². The van der Waals surface area contributed by atoms with E-state index >= 15 is 0 Å². The van der Waals surface area contributed by atoms with Gasteiger partial charge in [-0.25, -0.2) is 0 Å². The van der Waals surface area contributed by atoms with Crippen LogP contribution in [0.4, 0.5) is 13.2 Å². The molecule has 0 aromatic heterocycles. The zero-order chi connectivity index (χ0) is 13.9. The molecule has 1 atom stereocenters. The lowest BCUT2D eigenvalue weighted by Crippen LogP contribution is -2.52. The minimum absolute atomic E-state index is 0.0716. The van der Waals surface area contributed by atoms with Crippen LogP contribution in [0.5, 0.6) is 0 Å². The van der Waals surface area contributed by atoms with Crippen LogP contribution in [0.2, 0.25) is 0 Å². The van der Waals surface area contributed by atoms with Crippen molar-refractivity contribution >= 4 is 5.91 Å². The van der Waals surface area contributed by atoms with Crippen LogP contribution < -0.4 is 5.73 Å². The largest absolute Gasteiger partial charge is 0.406 e. The third-order valence-electron chi connectivity index (χ3n) is 2.37. The molecule has 0 heterocycles. The lowest BCUT2D eigenvalue weighted by atomic mass is 9.86. The predicted octanol–water partition coefficient (Wildman–Crippen LogP) is 2.16. The maximum absolute atomic E-state index is 12.3. The second-order valence-electron chi connectivity index (χ2n) is 5.22. The summed E-state index contributed by atoms with van der Waals surface area (Å²) in [6.07, 6.45) is -3.92. The molecule has 0 aliphatic heterocycles. The number of nitrogens with two attached hydrogens (primary N) is 1. The number of halogens is 3. The summed E-state index contributed by atoms with van der Waals surface area (Å²) < 4.78 is 36.9. The molecule has 0 spiro atoms. The normalized spacial score (nSPS) is 14.6. The Labute approximate surface area is 100 Å². The van der Waals surface area contributed by atoms with Gasteiger partial charge in [-0.15, -0.1) is 0 Å². The molecule has 0 aliphatic carbocycles. The molecular weight excluding hydrogens is 233 g/mol. The average molecular weight is 254 g/mol. The Kier molecular flexibility index (Phi) is 5.45. The third kappa shape index (κ3) is 5.91. The van der Waals surface area contributed by atoms with Gasteiger partial charge in [-0.05, 0) is 11.8 Å². The van der Waals surface area contributed by atoms with E-state index in [1.807, 2.05) is 0 Å². The minimum Gasteiger partial charge on any atom is -0.332 e. The summed E-state index contributed by atoms with van der Waals surface area (Å²) in [7, 11) is 0. The summed E-state index contributed by atoms with van der Waals surface area (Å²) in [5, 5.41) is 0. The van der Waals surface area contributed by atoms with Crippen molar-refractivity contribution in [2.45, 2.75) is 46.3 Å². The number of carbonyl (C=O) groups excluding carboxylic acids is 1. The van der Waals surface area contributed by atoms with Crippen molar-refractivity contribution in [1.82, 2.24) is 4.90 Å². The highest BCUT2D eigenvalue weighted by Gasteiger charge is 2.37. The molecule has 3 nitrogen and oxygen atoms in total. The van der Waals surface area contributed by atoms with Crippen molar-refractivity contribution < 1.29 is 18.0 Å². The topological polar surface area (TPSA) is 46.3 Å².